The Hall–Kier alpha value is -2.27. The molecule has 200 valence electrons. The molecule has 0 amide bonds. The van der Waals surface area contributed by atoms with E-state index >= 15 is 0 Å². The van der Waals surface area contributed by atoms with Gasteiger partial charge < -0.3 is 30.4 Å². The first-order valence-electron chi connectivity index (χ1n) is 11.8. The van der Waals surface area contributed by atoms with Crippen LogP contribution in [0.2, 0.25) is 6.32 Å². The summed E-state index contributed by atoms with van der Waals surface area (Å²) in [5.41, 5.74) is 2.29. The van der Waals surface area contributed by atoms with Gasteiger partial charge in [0, 0.05) is 32.1 Å². The lowest BCUT2D eigenvalue weighted by molar-refractivity contribution is -0.157. The third kappa shape index (κ3) is 4.72. The molecule has 4 rings (SSSR count). The molecule has 0 aromatic rings. The molecule has 0 radical (unpaired) electrons. The largest absolute Gasteiger partial charge is 0.528 e. The highest BCUT2D eigenvalue weighted by Crippen LogP contribution is 2.50. The third-order valence-corrected chi connectivity index (χ3v) is 9.75. The normalized spacial score (nSPS) is 29.5. The van der Waals surface area contributed by atoms with Crippen molar-refractivity contribution in [2.45, 2.75) is 62.4 Å². The fourth-order valence-corrected chi connectivity index (χ4v) is 7.61. The Balaban J connectivity index is 1.36. The third-order valence-electron chi connectivity index (χ3n) is 7.91. The van der Waals surface area contributed by atoms with Crippen molar-refractivity contribution in [3.05, 3.63) is 0 Å². The van der Waals surface area contributed by atoms with Gasteiger partial charge in [0.25, 0.3) is 10.2 Å². The number of rotatable bonds is 11. The highest BCUT2D eigenvalue weighted by atomic mass is 32.2. The van der Waals surface area contributed by atoms with Crippen LogP contribution in [0.4, 0.5) is 0 Å². The summed E-state index contributed by atoms with van der Waals surface area (Å²) in [6.07, 6.45) is 1.71. The van der Waals surface area contributed by atoms with E-state index < -0.39 is 71.1 Å². The second kappa shape index (κ2) is 9.24. The molecule has 0 bridgehead atoms. The van der Waals surface area contributed by atoms with Gasteiger partial charge in [-0.25, -0.2) is 0 Å². The molecule has 36 heavy (non-hydrogen) atoms. The Morgan fingerprint density at radius 1 is 1.06 bits per heavy atom. The SMILES string of the molecule is N[C@@]1(C(=O)O)CN(S(=O)(=O)N2CC3(CCC3)C2)C[C@@H]1CCCB1OC(=O)C(CC(=O)O)(CC(=O)O)O1. The molecule has 4 fully saturated rings. The first-order valence-corrected chi connectivity index (χ1v) is 13.2. The van der Waals surface area contributed by atoms with Crippen LogP contribution in [-0.4, -0.2) is 101 Å². The predicted octanol–water partition coefficient (Wildman–Crippen LogP) is -1.04. The number of carboxylic acids is 3. The summed E-state index contributed by atoms with van der Waals surface area (Å²) in [6, 6.07) is 0. The molecule has 1 saturated carbocycles. The molecule has 3 heterocycles. The topological polar surface area (TPSA) is 214 Å². The molecule has 3 aliphatic heterocycles. The van der Waals surface area contributed by atoms with E-state index in [0.29, 0.717) is 13.1 Å². The van der Waals surface area contributed by atoms with Crippen LogP contribution in [-0.2, 0) is 38.7 Å². The molecule has 4 aliphatic rings. The monoisotopic (exact) mass is 531 g/mol. The molecule has 16 heteroatoms. The maximum atomic E-state index is 13.1. The minimum atomic E-state index is -3.86. The zero-order chi connectivity index (χ0) is 26.5. The Kier molecular flexibility index (Phi) is 6.87. The standard InChI is InChI=1S/C20H30BN3O11S/c22-20(16(29)30)12-23(36(32,33)24-10-18(11-24)4-2-5-18)9-13(20)3-1-6-21-34-17(31)19(35-21,7-14(25)26)8-15(27)28/h13H,1-12,22H2,(H,25,26)(H,27,28)(H,29,30)/t13-,20-/m0/s1. The van der Waals surface area contributed by atoms with Crippen LogP contribution in [0.25, 0.3) is 0 Å². The molecule has 3 saturated heterocycles. The van der Waals surface area contributed by atoms with Gasteiger partial charge in [-0.2, -0.15) is 17.0 Å². The van der Waals surface area contributed by atoms with Gasteiger partial charge in [0.1, 0.15) is 5.54 Å². The average molecular weight is 531 g/mol. The number of hydrogen-bond donors (Lipinski definition) is 4. The number of carbonyl (C=O) groups is 4. The van der Waals surface area contributed by atoms with Crippen molar-refractivity contribution in [3.8, 4) is 0 Å². The zero-order valence-electron chi connectivity index (χ0n) is 19.6. The number of nitrogens with zero attached hydrogens (tertiary/aromatic N) is 2. The van der Waals surface area contributed by atoms with Gasteiger partial charge in [0.2, 0.25) is 0 Å². The Labute approximate surface area is 208 Å². The highest BCUT2D eigenvalue weighted by Gasteiger charge is 2.58. The van der Waals surface area contributed by atoms with E-state index in [2.05, 4.69) is 0 Å². The lowest BCUT2D eigenvalue weighted by Crippen LogP contribution is -2.64. The van der Waals surface area contributed by atoms with E-state index in [1.54, 1.807) is 0 Å². The molecule has 2 atom stereocenters. The fraction of sp³-hybridized carbons (Fsp3) is 0.800. The minimum absolute atomic E-state index is 0.0281. The summed E-state index contributed by atoms with van der Waals surface area (Å²) in [6.45, 7) is 0.413. The second-order valence-corrected chi connectivity index (χ2v) is 12.4. The summed E-state index contributed by atoms with van der Waals surface area (Å²) in [4.78, 5) is 46.6. The maximum Gasteiger partial charge on any atom is 0.528 e. The molecule has 0 aromatic heterocycles. The van der Waals surface area contributed by atoms with Crippen LogP contribution < -0.4 is 5.73 Å². The van der Waals surface area contributed by atoms with E-state index in [0.717, 1.165) is 23.6 Å². The van der Waals surface area contributed by atoms with Crippen molar-refractivity contribution < 1.29 is 52.2 Å². The van der Waals surface area contributed by atoms with Crippen LogP contribution >= 0.6 is 0 Å². The molecule has 1 aliphatic carbocycles. The van der Waals surface area contributed by atoms with Gasteiger partial charge in [-0.1, -0.05) is 12.8 Å². The van der Waals surface area contributed by atoms with Gasteiger partial charge >= 0.3 is 31.0 Å². The van der Waals surface area contributed by atoms with Gasteiger partial charge in [-0.05, 0) is 31.0 Å². The highest BCUT2D eigenvalue weighted by molar-refractivity contribution is 7.86. The molecule has 5 N–H and O–H groups in total. The quantitative estimate of drug-likeness (QED) is 0.235. The van der Waals surface area contributed by atoms with Crippen LogP contribution in [0.1, 0.15) is 44.9 Å². The van der Waals surface area contributed by atoms with Crippen molar-refractivity contribution in [2.24, 2.45) is 17.1 Å². The van der Waals surface area contributed by atoms with Crippen LogP contribution in [0.5, 0.6) is 0 Å². The molecule has 1 spiro atoms. The summed E-state index contributed by atoms with van der Waals surface area (Å²) in [5, 5.41) is 27.9. The lowest BCUT2D eigenvalue weighted by atomic mass is 9.65. The number of nitrogens with two attached hydrogens (primary N) is 1. The van der Waals surface area contributed by atoms with Crippen LogP contribution in [0.15, 0.2) is 0 Å². The van der Waals surface area contributed by atoms with E-state index in [-0.39, 0.29) is 37.7 Å². The summed E-state index contributed by atoms with van der Waals surface area (Å²) in [7, 11) is -5.07. The molecule has 0 unspecified atom stereocenters. The van der Waals surface area contributed by atoms with Crippen molar-refractivity contribution in [1.82, 2.24) is 8.61 Å². The van der Waals surface area contributed by atoms with E-state index in [1.807, 2.05) is 0 Å². The van der Waals surface area contributed by atoms with E-state index in [1.165, 1.54) is 4.31 Å². The maximum absolute atomic E-state index is 13.1. The lowest BCUT2D eigenvalue weighted by Gasteiger charge is -2.55. The van der Waals surface area contributed by atoms with E-state index in [4.69, 9.17) is 25.3 Å². The van der Waals surface area contributed by atoms with Crippen LogP contribution in [0.3, 0.4) is 0 Å². The van der Waals surface area contributed by atoms with Gasteiger partial charge in [0.15, 0.2) is 5.60 Å². The molecular weight excluding hydrogens is 501 g/mol. The Bertz CT molecular complexity index is 1040. The molecular formula is C20H30BN3O11S. The second-order valence-electron chi connectivity index (χ2n) is 10.5. The smallest absolute Gasteiger partial charge is 0.507 e. The Morgan fingerprint density at radius 3 is 2.17 bits per heavy atom. The van der Waals surface area contributed by atoms with E-state index in [9.17, 15) is 32.7 Å². The zero-order valence-corrected chi connectivity index (χ0v) is 20.4. The molecule has 14 nitrogen and oxygen atoms in total. The predicted molar refractivity (Wildman–Crippen MR) is 121 cm³/mol. The van der Waals surface area contributed by atoms with Crippen molar-refractivity contribution >= 4 is 41.2 Å². The minimum Gasteiger partial charge on any atom is -0.507 e. The Morgan fingerprint density at radius 2 is 1.67 bits per heavy atom. The number of carboxylic acid groups (broad SMARTS) is 3. The van der Waals surface area contributed by atoms with Gasteiger partial charge in [0.05, 0.1) is 12.8 Å². The van der Waals surface area contributed by atoms with Crippen molar-refractivity contribution in [1.29, 1.82) is 0 Å². The number of aliphatic carboxylic acids is 3. The first kappa shape index (κ1) is 26.8. The summed E-state index contributed by atoms with van der Waals surface area (Å²) in [5.74, 6) is -6.01. The summed E-state index contributed by atoms with van der Waals surface area (Å²) < 4.78 is 39.2. The number of hydrogen-bond acceptors (Lipinski definition) is 9. The van der Waals surface area contributed by atoms with Crippen molar-refractivity contribution in [2.75, 3.05) is 26.2 Å². The first-order chi connectivity index (χ1) is 16.7. The average Bonchev–Trinajstić information content (AvgIpc) is 3.17. The molecule has 0 aromatic carbocycles. The number of carbonyl (C=O) groups excluding carboxylic acids is 1. The fourth-order valence-electron chi connectivity index (χ4n) is 5.66. The summed E-state index contributed by atoms with van der Waals surface area (Å²) >= 11 is 0. The van der Waals surface area contributed by atoms with Crippen molar-refractivity contribution in [3.63, 3.8) is 0 Å². The van der Waals surface area contributed by atoms with Crippen LogP contribution in [0, 0.1) is 11.3 Å². The van der Waals surface area contributed by atoms with Gasteiger partial charge in [-0.15, -0.1) is 0 Å². The van der Waals surface area contributed by atoms with Gasteiger partial charge in [-0.3, -0.25) is 19.2 Å².